The van der Waals surface area contributed by atoms with Gasteiger partial charge in [0.25, 0.3) is 5.91 Å². The molecule has 23 heavy (non-hydrogen) atoms. The first kappa shape index (κ1) is 14.7. The first-order valence-electron chi connectivity index (χ1n) is 6.80. The number of carbonyl (C=O) groups is 1. The number of benzene rings is 1. The molecule has 2 aromatic heterocycles. The van der Waals surface area contributed by atoms with Crippen LogP contribution in [0.25, 0.3) is 11.1 Å². The summed E-state index contributed by atoms with van der Waals surface area (Å²) in [6.07, 6.45) is 1.58. The quantitative estimate of drug-likeness (QED) is 0.768. The van der Waals surface area contributed by atoms with E-state index in [2.05, 4.69) is 10.3 Å². The smallest absolute Gasteiger partial charge is 0.293 e. The number of nitrogens with zero attached hydrogens (tertiary/aromatic N) is 1. The summed E-state index contributed by atoms with van der Waals surface area (Å²) in [5.41, 5.74) is 7.50. The van der Waals surface area contributed by atoms with Crippen molar-refractivity contribution in [1.29, 1.82) is 0 Å². The standard InChI is InChI=1S/C16H15N3O4/c1-21-9-5-6-11(22-2)10(8-9)19-16(20)15-13(17)14-12(23-15)4-3-7-18-14/h3-8H,17H2,1-2H3,(H,19,20). The van der Waals surface area contributed by atoms with Gasteiger partial charge >= 0.3 is 0 Å². The molecular weight excluding hydrogens is 298 g/mol. The summed E-state index contributed by atoms with van der Waals surface area (Å²) in [5, 5.41) is 2.71. The third-order valence-electron chi connectivity index (χ3n) is 3.34. The maximum atomic E-state index is 12.5. The van der Waals surface area contributed by atoms with Crippen molar-refractivity contribution >= 4 is 28.4 Å². The van der Waals surface area contributed by atoms with Gasteiger partial charge < -0.3 is 24.9 Å². The van der Waals surface area contributed by atoms with E-state index in [0.717, 1.165) is 0 Å². The zero-order valence-electron chi connectivity index (χ0n) is 12.6. The molecule has 0 aliphatic rings. The number of aromatic nitrogens is 1. The van der Waals surface area contributed by atoms with E-state index in [4.69, 9.17) is 19.6 Å². The van der Waals surface area contributed by atoms with E-state index in [1.165, 1.54) is 14.2 Å². The summed E-state index contributed by atoms with van der Waals surface area (Å²) in [4.78, 5) is 16.6. The number of rotatable bonds is 4. The van der Waals surface area contributed by atoms with Crippen LogP contribution in [0.3, 0.4) is 0 Å². The Labute approximate surface area is 132 Å². The molecule has 0 bridgehead atoms. The molecule has 1 amide bonds. The number of nitrogens with two attached hydrogens (primary N) is 1. The van der Waals surface area contributed by atoms with Crippen LogP contribution in [0, 0.1) is 0 Å². The molecule has 1 aromatic carbocycles. The van der Waals surface area contributed by atoms with E-state index < -0.39 is 5.91 Å². The minimum atomic E-state index is -0.493. The van der Waals surface area contributed by atoms with Gasteiger partial charge in [-0.15, -0.1) is 0 Å². The molecule has 0 aliphatic carbocycles. The van der Waals surface area contributed by atoms with E-state index in [1.807, 2.05) is 0 Å². The Morgan fingerprint density at radius 2 is 2.09 bits per heavy atom. The third kappa shape index (κ3) is 2.64. The number of fused-ring (bicyclic) bond motifs is 1. The normalized spacial score (nSPS) is 10.5. The molecule has 0 saturated carbocycles. The molecule has 0 atom stereocenters. The van der Waals surface area contributed by atoms with E-state index in [9.17, 15) is 4.79 Å². The second-order valence-corrected chi connectivity index (χ2v) is 4.72. The van der Waals surface area contributed by atoms with Gasteiger partial charge in [-0.3, -0.25) is 9.78 Å². The fourth-order valence-corrected chi connectivity index (χ4v) is 2.21. The SMILES string of the molecule is COc1ccc(OC)c(NC(=O)c2oc3cccnc3c2N)c1. The molecule has 0 unspecified atom stereocenters. The van der Waals surface area contributed by atoms with Crippen LogP contribution in [0.4, 0.5) is 11.4 Å². The molecule has 3 aromatic rings. The fourth-order valence-electron chi connectivity index (χ4n) is 2.21. The number of anilines is 2. The second-order valence-electron chi connectivity index (χ2n) is 4.72. The number of hydrogen-bond acceptors (Lipinski definition) is 6. The topological polar surface area (TPSA) is 99.6 Å². The monoisotopic (exact) mass is 313 g/mol. The number of nitrogen functional groups attached to an aromatic ring is 1. The Kier molecular flexibility index (Phi) is 3.76. The highest BCUT2D eigenvalue weighted by atomic mass is 16.5. The summed E-state index contributed by atoms with van der Waals surface area (Å²) < 4.78 is 15.9. The first-order chi connectivity index (χ1) is 11.1. The zero-order chi connectivity index (χ0) is 16.4. The number of hydrogen-bond donors (Lipinski definition) is 2. The molecule has 3 N–H and O–H groups in total. The highest BCUT2D eigenvalue weighted by molar-refractivity contribution is 6.10. The maximum absolute atomic E-state index is 12.5. The number of amides is 1. The van der Waals surface area contributed by atoms with Gasteiger partial charge in [0.1, 0.15) is 22.7 Å². The van der Waals surface area contributed by atoms with Gasteiger partial charge in [-0.25, -0.2) is 0 Å². The molecule has 7 nitrogen and oxygen atoms in total. The molecule has 0 spiro atoms. The van der Waals surface area contributed by atoms with Crippen LogP contribution in [-0.4, -0.2) is 25.1 Å². The minimum absolute atomic E-state index is 0.00331. The molecule has 0 radical (unpaired) electrons. The van der Waals surface area contributed by atoms with Gasteiger partial charge in [0.05, 0.1) is 19.9 Å². The van der Waals surface area contributed by atoms with Gasteiger partial charge in [-0.05, 0) is 24.3 Å². The molecule has 3 rings (SSSR count). The predicted molar refractivity (Wildman–Crippen MR) is 85.9 cm³/mol. The number of furan rings is 1. The summed E-state index contributed by atoms with van der Waals surface area (Å²) in [6.45, 7) is 0. The lowest BCUT2D eigenvalue weighted by atomic mass is 10.2. The Hall–Kier alpha value is -3.22. The summed E-state index contributed by atoms with van der Waals surface area (Å²) in [5.74, 6) is 0.586. The first-order valence-corrected chi connectivity index (χ1v) is 6.80. The van der Waals surface area contributed by atoms with Crippen LogP contribution in [0.1, 0.15) is 10.6 Å². The van der Waals surface area contributed by atoms with Gasteiger partial charge in [0, 0.05) is 12.3 Å². The van der Waals surface area contributed by atoms with Crippen molar-refractivity contribution < 1.29 is 18.7 Å². The molecule has 2 heterocycles. The van der Waals surface area contributed by atoms with Crippen molar-refractivity contribution in [2.45, 2.75) is 0 Å². The Balaban J connectivity index is 1.96. The van der Waals surface area contributed by atoms with Gasteiger partial charge in [0.15, 0.2) is 5.58 Å². The lowest BCUT2D eigenvalue weighted by Gasteiger charge is -2.11. The van der Waals surface area contributed by atoms with Crippen molar-refractivity contribution in [2.24, 2.45) is 0 Å². The lowest BCUT2D eigenvalue weighted by Crippen LogP contribution is -2.13. The Morgan fingerprint density at radius 3 is 2.78 bits per heavy atom. The number of nitrogens with one attached hydrogen (secondary N) is 1. The largest absolute Gasteiger partial charge is 0.497 e. The van der Waals surface area contributed by atoms with Gasteiger partial charge in [-0.2, -0.15) is 0 Å². The van der Waals surface area contributed by atoms with E-state index >= 15 is 0 Å². The van der Waals surface area contributed by atoms with Crippen molar-refractivity contribution in [2.75, 3.05) is 25.3 Å². The van der Waals surface area contributed by atoms with Crippen LogP contribution in [-0.2, 0) is 0 Å². The number of ether oxygens (including phenoxy) is 2. The van der Waals surface area contributed by atoms with Crippen molar-refractivity contribution in [3.63, 3.8) is 0 Å². The predicted octanol–water partition coefficient (Wildman–Crippen LogP) is 2.68. The average Bonchev–Trinajstić information content (AvgIpc) is 2.92. The van der Waals surface area contributed by atoms with Gasteiger partial charge in [0.2, 0.25) is 5.76 Å². The second kappa shape index (κ2) is 5.88. The van der Waals surface area contributed by atoms with Crippen molar-refractivity contribution in [1.82, 2.24) is 4.98 Å². The number of carbonyl (C=O) groups excluding carboxylic acids is 1. The molecule has 7 heteroatoms. The van der Waals surface area contributed by atoms with E-state index in [0.29, 0.717) is 28.3 Å². The van der Waals surface area contributed by atoms with E-state index in [1.54, 1.807) is 36.5 Å². The molecule has 0 fully saturated rings. The highest BCUT2D eigenvalue weighted by Gasteiger charge is 2.20. The Bertz CT molecular complexity index is 873. The number of methoxy groups -OCH3 is 2. The molecule has 0 aliphatic heterocycles. The minimum Gasteiger partial charge on any atom is -0.497 e. The van der Waals surface area contributed by atoms with Crippen LogP contribution in [0.2, 0.25) is 0 Å². The van der Waals surface area contributed by atoms with Crippen LogP contribution in [0.15, 0.2) is 40.9 Å². The van der Waals surface area contributed by atoms with Crippen LogP contribution in [0.5, 0.6) is 11.5 Å². The zero-order valence-corrected chi connectivity index (χ0v) is 12.6. The molecule has 118 valence electrons. The highest BCUT2D eigenvalue weighted by Crippen LogP contribution is 2.31. The average molecular weight is 313 g/mol. The van der Waals surface area contributed by atoms with Crippen molar-refractivity contribution in [3.05, 3.63) is 42.3 Å². The molecule has 0 saturated heterocycles. The molecular formula is C16H15N3O4. The lowest BCUT2D eigenvalue weighted by molar-refractivity contribution is 0.0999. The van der Waals surface area contributed by atoms with Gasteiger partial charge in [-0.1, -0.05) is 0 Å². The summed E-state index contributed by atoms with van der Waals surface area (Å²) >= 11 is 0. The fraction of sp³-hybridized carbons (Fsp3) is 0.125. The van der Waals surface area contributed by atoms with Crippen LogP contribution >= 0.6 is 0 Å². The van der Waals surface area contributed by atoms with E-state index in [-0.39, 0.29) is 11.4 Å². The number of pyridine rings is 1. The van der Waals surface area contributed by atoms with Crippen LogP contribution < -0.4 is 20.5 Å². The Morgan fingerprint density at radius 1 is 1.26 bits per heavy atom. The summed E-state index contributed by atoms with van der Waals surface area (Å²) in [6, 6.07) is 8.47. The van der Waals surface area contributed by atoms with Crippen molar-refractivity contribution in [3.8, 4) is 11.5 Å². The maximum Gasteiger partial charge on any atom is 0.293 e. The summed E-state index contributed by atoms with van der Waals surface area (Å²) in [7, 11) is 3.05. The third-order valence-corrected chi connectivity index (χ3v) is 3.34.